The number of anilines is 1. The van der Waals surface area contributed by atoms with Gasteiger partial charge in [-0.15, -0.1) is 0 Å². The molecule has 0 bridgehead atoms. The summed E-state index contributed by atoms with van der Waals surface area (Å²) >= 11 is 0. The molecule has 1 saturated carbocycles. The van der Waals surface area contributed by atoms with Crippen molar-refractivity contribution in [3.8, 4) is 11.5 Å². The fourth-order valence-corrected chi connectivity index (χ4v) is 4.20. The summed E-state index contributed by atoms with van der Waals surface area (Å²) in [5.41, 5.74) is 1.41. The molecule has 4 aromatic rings. The van der Waals surface area contributed by atoms with Crippen LogP contribution in [0.25, 0.3) is 21.8 Å². The van der Waals surface area contributed by atoms with Gasteiger partial charge in [0.15, 0.2) is 11.5 Å². The van der Waals surface area contributed by atoms with E-state index in [9.17, 15) is 27.9 Å². The maximum Gasteiger partial charge on any atom is 0.387 e. The Balaban J connectivity index is 1.30. The van der Waals surface area contributed by atoms with Crippen LogP contribution in [0.15, 0.2) is 60.7 Å². The molecule has 0 spiro atoms. The number of rotatable bonds is 7. The van der Waals surface area contributed by atoms with E-state index >= 15 is 0 Å². The highest BCUT2D eigenvalue weighted by Gasteiger charge is 2.37. The van der Waals surface area contributed by atoms with Crippen molar-refractivity contribution in [3.63, 3.8) is 0 Å². The molecular weight excluding hydrogens is 477 g/mol. The van der Waals surface area contributed by atoms with Gasteiger partial charge in [-0.1, -0.05) is 18.2 Å². The average molecular weight is 496 g/mol. The Kier molecular flexibility index (Phi) is 6.09. The first-order valence-corrected chi connectivity index (χ1v) is 11.1. The monoisotopic (exact) mass is 496 g/mol. The second-order valence-electron chi connectivity index (χ2n) is 8.44. The number of amides is 1. The van der Waals surface area contributed by atoms with E-state index in [0.717, 1.165) is 23.6 Å². The minimum absolute atomic E-state index is 0.00790. The smallest absolute Gasteiger partial charge is 0.387 e. The maximum absolute atomic E-state index is 13.6. The van der Waals surface area contributed by atoms with Crippen LogP contribution in [-0.2, 0) is 4.79 Å². The number of pyridine rings is 1. The molecule has 1 heterocycles. The van der Waals surface area contributed by atoms with Crippen LogP contribution in [-0.4, -0.2) is 34.7 Å². The third-order valence-corrected chi connectivity index (χ3v) is 6.01. The number of hydrogen-bond donors (Lipinski definition) is 2. The Bertz CT molecular complexity index is 1490. The van der Waals surface area contributed by atoms with E-state index < -0.39 is 30.4 Å². The first-order valence-electron chi connectivity index (χ1n) is 11.1. The van der Waals surface area contributed by atoms with Crippen molar-refractivity contribution in [1.29, 1.82) is 0 Å². The summed E-state index contributed by atoms with van der Waals surface area (Å²) in [5, 5.41) is 13.7. The largest absolute Gasteiger partial charge is 0.486 e. The molecular formula is C26H19F3N2O5. The highest BCUT2D eigenvalue weighted by Crippen LogP contribution is 2.37. The average Bonchev–Trinajstić information content (AvgIpc) is 2.80. The first-order chi connectivity index (χ1) is 17.3. The quantitative estimate of drug-likeness (QED) is 0.322. The van der Waals surface area contributed by atoms with Crippen molar-refractivity contribution in [3.05, 3.63) is 72.0 Å². The molecule has 0 radical (unpaired) electrons. The van der Waals surface area contributed by atoms with E-state index in [1.165, 1.54) is 6.07 Å². The molecule has 36 heavy (non-hydrogen) atoms. The number of carbonyl (C=O) groups excluding carboxylic acids is 1. The fraction of sp³-hybridized carbons (Fsp3) is 0.192. The molecule has 0 atom stereocenters. The van der Waals surface area contributed by atoms with Gasteiger partial charge in [-0.2, -0.15) is 8.78 Å². The molecule has 7 nitrogen and oxygen atoms in total. The maximum atomic E-state index is 13.6. The molecule has 0 unspecified atom stereocenters. The summed E-state index contributed by atoms with van der Waals surface area (Å²) in [5.74, 6) is -3.10. The third-order valence-electron chi connectivity index (χ3n) is 6.01. The summed E-state index contributed by atoms with van der Waals surface area (Å²) in [7, 11) is 0. The van der Waals surface area contributed by atoms with E-state index in [0.29, 0.717) is 16.4 Å². The Morgan fingerprint density at radius 2 is 1.78 bits per heavy atom. The summed E-state index contributed by atoms with van der Waals surface area (Å²) in [4.78, 5) is 29.2. The lowest BCUT2D eigenvalue weighted by molar-refractivity contribution is -0.125. The highest BCUT2D eigenvalue weighted by molar-refractivity contribution is 6.08. The molecule has 5 rings (SSSR count). The van der Waals surface area contributed by atoms with E-state index in [2.05, 4.69) is 15.0 Å². The van der Waals surface area contributed by atoms with Crippen LogP contribution in [0.4, 0.5) is 18.9 Å². The van der Waals surface area contributed by atoms with Crippen LogP contribution in [0.3, 0.4) is 0 Å². The fourth-order valence-electron chi connectivity index (χ4n) is 4.20. The van der Waals surface area contributed by atoms with Gasteiger partial charge in [0, 0.05) is 28.4 Å². The molecule has 3 aromatic carbocycles. The Morgan fingerprint density at radius 1 is 1.00 bits per heavy atom. The van der Waals surface area contributed by atoms with Crippen LogP contribution in [0.5, 0.6) is 11.5 Å². The zero-order chi connectivity index (χ0) is 25.4. The molecule has 10 heteroatoms. The predicted molar refractivity (Wildman–Crippen MR) is 125 cm³/mol. The lowest BCUT2D eigenvalue weighted by atomic mass is 9.81. The second kappa shape index (κ2) is 9.37. The summed E-state index contributed by atoms with van der Waals surface area (Å²) in [6.07, 6.45) is 0.0269. The van der Waals surface area contributed by atoms with Gasteiger partial charge in [0.2, 0.25) is 5.91 Å². The van der Waals surface area contributed by atoms with Gasteiger partial charge in [-0.25, -0.2) is 14.2 Å². The Hall–Kier alpha value is -4.34. The Morgan fingerprint density at radius 3 is 2.53 bits per heavy atom. The number of carbonyl (C=O) groups is 2. The first kappa shape index (κ1) is 23.4. The molecule has 1 aliphatic rings. The van der Waals surface area contributed by atoms with Gasteiger partial charge in [-0.05, 0) is 49.2 Å². The molecule has 0 aliphatic heterocycles. The van der Waals surface area contributed by atoms with Gasteiger partial charge in [-0.3, -0.25) is 4.79 Å². The Labute approximate surface area is 202 Å². The van der Waals surface area contributed by atoms with Crippen molar-refractivity contribution in [2.75, 3.05) is 5.32 Å². The van der Waals surface area contributed by atoms with Crippen LogP contribution in [0, 0.1) is 11.7 Å². The summed E-state index contributed by atoms with van der Waals surface area (Å²) in [6, 6.07) is 15.0. The second-order valence-corrected chi connectivity index (χ2v) is 8.44. The normalized spacial score (nSPS) is 17.1. The number of fused-ring (bicyclic) bond motifs is 2. The lowest BCUT2D eigenvalue weighted by Crippen LogP contribution is -2.41. The van der Waals surface area contributed by atoms with Crippen molar-refractivity contribution in [2.24, 2.45) is 5.92 Å². The van der Waals surface area contributed by atoms with Crippen LogP contribution in [0.1, 0.15) is 23.2 Å². The number of carboxylic acids is 1. The highest BCUT2D eigenvalue weighted by atomic mass is 19.3. The standard InChI is InChI=1S/C26H19F3N2O5/c27-15-5-6-22(36-26(28)29)23(10-15)35-17-7-14(8-17)24(32)30-16-11-19(25(33)34)18-9-13-3-1-2-4-20(13)31-21(18)12-16/h1-6,9-12,14,17,26H,7-8H2,(H,30,32)(H,33,34). The predicted octanol–water partition coefficient (Wildman–Crippen LogP) is 5.62. The number of hydrogen-bond acceptors (Lipinski definition) is 5. The zero-order valence-electron chi connectivity index (χ0n) is 18.6. The van der Waals surface area contributed by atoms with Crippen molar-refractivity contribution in [2.45, 2.75) is 25.6 Å². The molecule has 0 saturated heterocycles. The topological polar surface area (TPSA) is 97.8 Å². The van der Waals surface area contributed by atoms with E-state index in [1.807, 2.05) is 24.3 Å². The van der Waals surface area contributed by atoms with Crippen LogP contribution < -0.4 is 14.8 Å². The van der Waals surface area contributed by atoms with Gasteiger partial charge >= 0.3 is 12.6 Å². The number of ether oxygens (including phenoxy) is 2. The van der Waals surface area contributed by atoms with Gasteiger partial charge < -0.3 is 19.9 Å². The minimum Gasteiger partial charge on any atom is -0.486 e. The number of benzene rings is 3. The molecule has 1 amide bonds. The summed E-state index contributed by atoms with van der Waals surface area (Å²) in [6.45, 7) is -3.09. The van der Waals surface area contributed by atoms with E-state index in [4.69, 9.17) is 4.74 Å². The molecule has 1 aliphatic carbocycles. The molecule has 1 fully saturated rings. The number of aromatic nitrogens is 1. The molecule has 1 aromatic heterocycles. The van der Waals surface area contributed by atoms with Crippen molar-refractivity contribution >= 4 is 39.4 Å². The third kappa shape index (κ3) is 4.74. The molecule has 2 N–H and O–H groups in total. The SMILES string of the molecule is O=C(O)c1cc(NC(=O)C2CC(Oc3cc(F)ccc3OC(F)F)C2)cc2nc3ccccc3cc12. The van der Waals surface area contributed by atoms with Crippen LogP contribution in [0.2, 0.25) is 0 Å². The molecule has 184 valence electrons. The van der Waals surface area contributed by atoms with E-state index in [1.54, 1.807) is 12.1 Å². The lowest BCUT2D eigenvalue weighted by Gasteiger charge is -2.34. The number of aromatic carboxylic acids is 1. The number of alkyl halides is 2. The van der Waals surface area contributed by atoms with Gasteiger partial charge in [0.05, 0.1) is 16.6 Å². The van der Waals surface area contributed by atoms with E-state index in [-0.39, 0.29) is 41.5 Å². The van der Waals surface area contributed by atoms with Gasteiger partial charge in [0.25, 0.3) is 0 Å². The number of halogens is 3. The summed E-state index contributed by atoms with van der Waals surface area (Å²) < 4.78 is 48.7. The minimum atomic E-state index is -3.09. The van der Waals surface area contributed by atoms with Crippen LogP contribution >= 0.6 is 0 Å². The van der Waals surface area contributed by atoms with Crippen molar-refractivity contribution in [1.82, 2.24) is 4.98 Å². The zero-order valence-corrected chi connectivity index (χ0v) is 18.6. The number of nitrogens with zero attached hydrogens (tertiary/aromatic N) is 1. The number of para-hydroxylation sites is 1. The van der Waals surface area contributed by atoms with Gasteiger partial charge in [0.1, 0.15) is 11.9 Å². The van der Waals surface area contributed by atoms with Crippen molar-refractivity contribution < 1.29 is 37.3 Å². The number of nitrogens with one attached hydrogen (secondary N) is 1. The number of carboxylic acid groups (broad SMARTS) is 1.